The van der Waals surface area contributed by atoms with E-state index in [1.165, 1.54) is 66.6 Å². The van der Waals surface area contributed by atoms with Crippen molar-refractivity contribution in [3.63, 3.8) is 0 Å². The van der Waals surface area contributed by atoms with E-state index in [-0.39, 0.29) is 0 Å². The maximum atomic E-state index is 7.15. The van der Waals surface area contributed by atoms with Gasteiger partial charge in [-0.05, 0) is 107 Å². The lowest BCUT2D eigenvalue weighted by molar-refractivity contribution is 0.631. The molecule has 0 saturated heterocycles. The number of fused-ring (bicyclic) bond motifs is 21. The van der Waals surface area contributed by atoms with Crippen LogP contribution < -0.4 is 0 Å². The summed E-state index contributed by atoms with van der Waals surface area (Å²) >= 11 is 0. The van der Waals surface area contributed by atoms with Crippen molar-refractivity contribution in [3.05, 3.63) is 299 Å². The van der Waals surface area contributed by atoms with Crippen LogP contribution in [0.5, 0.6) is 0 Å². The summed E-state index contributed by atoms with van der Waals surface area (Å²) in [5.74, 6) is 0.691. The molecule has 0 aliphatic heterocycles. The lowest BCUT2D eigenvalue weighted by atomic mass is 9.52. The highest BCUT2D eigenvalue weighted by atomic mass is 16.3. The van der Waals surface area contributed by atoms with Crippen molar-refractivity contribution in [2.75, 3.05) is 0 Å². The maximum Gasteiger partial charge on any atom is 0.160 e. The lowest BCUT2D eigenvalue weighted by Gasteiger charge is -2.48. The van der Waals surface area contributed by atoms with Gasteiger partial charge in [-0.3, -0.25) is 0 Å². The summed E-state index contributed by atoms with van der Waals surface area (Å²) in [6.07, 6.45) is 0. The van der Waals surface area contributed by atoms with Crippen molar-refractivity contribution >= 4 is 32.7 Å². The number of rotatable bonds is 4. The van der Waals surface area contributed by atoms with Gasteiger partial charge in [-0.1, -0.05) is 231 Å². The molecule has 0 fully saturated rings. The molecule has 338 valence electrons. The van der Waals surface area contributed by atoms with Crippen LogP contribution in [0, 0.1) is 0 Å². The third-order valence-electron chi connectivity index (χ3n) is 16.4. The van der Waals surface area contributed by atoms with Crippen LogP contribution in [-0.4, -0.2) is 9.97 Å². The second-order valence-electron chi connectivity index (χ2n) is 19.8. The fourth-order valence-electron chi connectivity index (χ4n) is 13.5. The topological polar surface area (TPSA) is 38.9 Å². The van der Waals surface area contributed by atoms with Crippen LogP contribution in [-0.2, 0) is 10.8 Å². The van der Waals surface area contributed by atoms with Gasteiger partial charge in [-0.15, -0.1) is 0 Å². The summed E-state index contributed by atoms with van der Waals surface area (Å²) in [7, 11) is 0. The smallest absolute Gasteiger partial charge is 0.160 e. The van der Waals surface area contributed by atoms with Gasteiger partial charge in [0.1, 0.15) is 11.2 Å². The highest BCUT2D eigenvalue weighted by molar-refractivity contribution is 6.14. The van der Waals surface area contributed by atoms with Gasteiger partial charge in [0.25, 0.3) is 0 Å². The van der Waals surface area contributed by atoms with E-state index in [1.807, 2.05) is 6.07 Å². The summed E-state index contributed by atoms with van der Waals surface area (Å²) in [5.41, 5.74) is 22.8. The average Bonchev–Trinajstić information content (AvgIpc) is 4.23. The van der Waals surface area contributed by atoms with Gasteiger partial charge < -0.3 is 4.42 Å². The fraction of sp³-hybridized carbons (Fsp3) is 0.0286. The molecule has 2 aromatic heterocycles. The van der Waals surface area contributed by atoms with Crippen LogP contribution in [0.15, 0.2) is 259 Å². The molecule has 16 rings (SSSR count). The van der Waals surface area contributed by atoms with Gasteiger partial charge in [0.15, 0.2) is 5.82 Å². The van der Waals surface area contributed by atoms with Gasteiger partial charge >= 0.3 is 0 Å². The monoisotopic (exact) mass is 926 g/mol. The zero-order valence-corrected chi connectivity index (χ0v) is 39.6. The minimum absolute atomic E-state index is 0.536. The van der Waals surface area contributed by atoms with Gasteiger partial charge in [-0.2, -0.15) is 0 Å². The molecule has 13 aromatic rings. The van der Waals surface area contributed by atoms with Crippen molar-refractivity contribution in [1.82, 2.24) is 9.97 Å². The normalized spacial score (nSPS) is 14.0. The fourth-order valence-corrected chi connectivity index (χ4v) is 13.5. The quantitative estimate of drug-likeness (QED) is 0.177. The van der Waals surface area contributed by atoms with E-state index >= 15 is 0 Å². The number of hydrogen-bond donors (Lipinski definition) is 0. The summed E-state index contributed by atoms with van der Waals surface area (Å²) in [5, 5.41) is 4.57. The van der Waals surface area contributed by atoms with E-state index in [1.54, 1.807) is 0 Å². The van der Waals surface area contributed by atoms with E-state index in [0.29, 0.717) is 5.82 Å². The summed E-state index contributed by atoms with van der Waals surface area (Å²) in [6.45, 7) is 0. The molecule has 2 spiro atoms. The highest BCUT2D eigenvalue weighted by Gasteiger charge is 2.59. The Bertz CT molecular complexity index is 4370. The van der Waals surface area contributed by atoms with E-state index in [0.717, 1.165) is 72.1 Å². The Balaban J connectivity index is 0.971. The van der Waals surface area contributed by atoms with Crippen LogP contribution in [0.1, 0.15) is 44.5 Å². The Morgan fingerprint density at radius 1 is 0.288 bits per heavy atom. The molecular weight excluding hydrogens is 885 g/mol. The molecule has 3 nitrogen and oxygen atoms in total. The maximum absolute atomic E-state index is 7.15. The van der Waals surface area contributed by atoms with Crippen molar-refractivity contribution in [2.24, 2.45) is 0 Å². The Labute approximate surface area is 422 Å². The van der Waals surface area contributed by atoms with E-state index in [9.17, 15) is 0 Å². The van der Waals surface area contributed by atoms with E-state index in [2.05, 4.69) is 249 Å². The third-order valence-corrected chi connectivity index (χ3v) is 16.4. The largest absolute Gasteiger partial charge is 0.455 e. The second kappa shape index (κ2) is 15.0. The molecule has 0 saturated carbocycles. The first kappa shape index (κ1) is 40.3. The molecular formula is C70H42N2O. The van der Waals surface area contributed by atoms with Crippen molar-refractivity contribution in [1.29, 1.82) is 0 Å². The average molecular weight is 927 g/mol. The van der Waals surface area contributed by atoms with Gasteiger partial charge in [0.05, 0.1) is 22.2 Å². The van der Waals surface area contributed by atoms with Crippen LogP contribution in [0.25, 0.3) is 100.0 Å². The third kappa shape index (κ3) is 5.38. The molecule has 3 heteroatoms. The van der Waals surface area contributed by atoms with Crippen molar-refractivity contribution < 1.29 is 4.42 Å². The first-order valence-corrected chi connectivity index (χ1v) is 25.2. The number of aromatic nitrogens is 2. The van der Waals surface area contributed by atoms with Crippen LogP contribution >= 0.6 is 0 Å². The number of hydrogen-bond acceptors (Lipinski definition) is 3. The summed E-state index contributed by atoms with van der Waals surface area (Å²) in [4.78, 5) is 10.6. The van der Waals surface area contributed by atoms with Crippen LogP contribution in [0.2, 0.25) is 0 Å². The molecule has 0 amide bonds. The molecule has 0 N–H and O–H groups in total. The standard InChI is InChI=1S/C70H42N2O/c1-2-19-44(20-3-1)62-42-63(72-68(71-62)48-37-36-43-18-4-5-21-45(43)40-48)47-23-16-22-46(41-47)49-27-17-34-60-65(49)66-61(39-38-53-52-26-8-15-35-64(52)73-67(53)66)70(60)58-32-13-11-30-56(58)69(57-31-12-14-33-59(57)70)54-28-9-6-24-50(54)51-25-7-10-29-55(51)69/h1-42H. The lowest BCUT2D eigenvalue weighted by Crippen LogP contribution is -2.43. The summed E-state index contributed by atoms with van der Waals surface area (Å²) < 4.78 is 7.15. The van der Waals surface area contributed by atoms with Gasteiger partial charge in [0.2, 0.25) is 0 Å². The highest BCUT2D eigenvalue weighted by Crippen LogP contribution is 2.69. The number of nitrogens with zero attached hydrogens (tertiary/aromatic N) is 2. The zero-order chi connectivity index (χ0) is 47.8. The van der Waals surface area contributed by atoms with Crippen LogP contribution in [0.4, 0.5) is 0 Å². The molecule has 11 aromatic carbocycles. The second-order valence-corrected chi connectivity index (χ2v) is 19.8. The number of para-hydroxylation sites is 1. The van der Waals surface area contributed by atoms with Crippen molar-refractivity contribution in [2.45, 2.75) is 10.8 Å². The Morgan fingerprint density at radius 3 is 1.53 bits per heavy atom. The Hall–Kier alpha value is -9.44. The SMILES string of the molecule is c1ccc(-c2cc(-c3cccc(-c4cccc5c4-c4c(ccc6c4oc4ccccc46)C54c5ccccc5C5(c6ccccc6-c6ccccc65)c5ccccc54)c3)nc(-c3ccc4ccccc4c3)n2)cc1. The molecule has 0 radical (unpaired) electrons. The molecule has 0 bridgehead atoms. The molecule has 73 heavy (non-hydrogen) atoms. The summed E-state index contributed by atoms with van der Waals surface area (Å²) in [6, 6.07) is 93.5. The molecule has 0 unspecified atom stereocenters. The first-order chi connectivity index (χ1) is 36.2. The molecule has 3 aliphatic carbocycles. The number of furan rings is 1. The molecule has 2 heterocycles. The van der Waals surface area contributed by atoms with E-state index in [4.69, 9.17) is 14.4 Å². The Morgan fingerprint density at radius 2 is 0.808 bits per heavy atom. The minimum atomic E-state index is -0.692. The predicted molar refractivity (Wildman–Crippen MR) is 297 cm³/mol. The molecule has 0 atom stereocenters. The first-order valence-electron chi connectivity index (χ1n) is 25.2. The minimum Gasteiger partial charge on any atom is -0.455 e. The van der Waals surface area contributed by atoms with Gasteiger partial charge in [0, 0.05) is 33.0 Å². The zero-order valence-electron chi connectivity index (χ0n) is 39.6. The predicted octanol–water partition coefficient (Wildman–Crippen LogP) is 17.2. The molecule has 3 aliphatic rings. The van der Waals surface area contributed by atoms with Crippen LogP contribution in [0.3, 0.4) is 0 Å². The van der Waals surface area contributed by atoms with Crippen molar-refractivity contribution in [3.8, 4) is 67.3 Å². The Kier molecular flexibility index (Phi) is 8.30. The number of benzene rings is 11. The van der Waals surface area contributed by atoms with E-state index < -0.39 is 10.8 Å². The van der Waals surface area contributed by atoms with Gasteiger partial charge in [-0.25, -0.2) is 9.97 Å².